The Labute approximate surface area is 126 Å². The van der Waals surface area contributed by atoms with Crippen LogP contribution in [0.2, 0.25) is 0 Å². The van der Waals surface area contributed by atoms with E-state index < -0.39 is 26.3 Å². The van der Waals surface area contributed by atoms with E-state index in [1.54, 1.807) is 12.1 Å². The molecule has 1 heterocycles. The van der Waals surface area contributed by atoms with Gasteiger partial charge in [0.25, 0.3) is 5.56 Å². The van der Waals surface area contributed by atoms with Gasteiger partial charge in [-0.25, -0.2) is 4.79 Å². The lowest BCUT2D eigenvalue weighted by Gasteiger charge is -2.09. The van der Waals surface area contributed by atoms with Gasteiger partial charge in [0.1, 0.15) is 11.5 Å². The number of nitrogens with zero attached hydrogens (tertiary/aromatic N) is 2. The fraction of sp³-hybridized carbons (Fsp3) is 0.231. The van der Waals surface area contributed by atoms with Crippen LogP contribution in [0.15, 0.2) is 44.9 Å². The largest absolute Gasteiger partial charge is 0.497 e. The molecule has 0 unspecified atom stereocenters. The van der Waals surface area contributed by atoms with Gasteiger partial charge < -0.3 is 13.5 Å². The van der Waals surface area contributed by atoms with E-state index in [1.165, 1.54) is 33.3 Å². The molecular formula is C13H14N2O6S. The molecule has 2 rings (SSSR count). The molecule has 118 valence electrons. The first-order chi connectivity index (χ1) is 10.3. The molecule has 0 atom stereocenters. The molecule has 1 aromatic heterocycles. The smallest absolute Gasteiger partial charge is 0.346 e. The maximum Gasteiger partial charge on any atom is 0.346 e. The number of ether oxygens (including phenoxy) is 1. The maximum atomic E-state index is 12.2. The first-order valence-electron chi connectivity index (χ1n) is 6.11. The van der Waals surface area contributed by atoms with Gasteiger partial charge in [-0.05, 0) is 12.1 Å². The van der Waals surface area contributed by atoms with Crippen molar-refractivity contribution in [3.8, 4) is 11.5 Å². The van der Waals surface area contributed by atoms with Crippen LogP contribution in [0.3, 0.4) is 0 Å². The molecular weight excluding hydrogens is 312 g/mol. The van der Waals surface area contributed by atoms with Gasteiger partial charge in [-0.3, -0.25) is 9.36 Å². The van der Waals surface area contributed by atoms with Gasteiger partial charge in [-0.2, -0.15) is 8.42 Å². The van der Waals surface area contributed by atoms with E-state index in [-0.39, 0.29) is 5.75 Å². The average Bonchev–Trinajstić information content (AvgIpc) is 2.48. The minimum atomic E-state index is -4.38. The van der Waals surface area contributed by atoms with Crippen LogP contribution < -0.4 is 20.2 Å². The highest BCUT2D eigenvalue weighted by Gasteiger charge is 2.23. The highest BCUT2D eigenvalue weighted by molar-refractivity contribution is 7.87. The Kier molecular flexibility index (Phi) is 4.09. The van der Waals surface area contributed by atoms with Crippen molar-refractivity contribution >= 4 is 10.1 Å². The molecule has 0 spiro atoms. The van der Waals surface area contributed by atoms with Gasteiger partial charge >= 0.3 is 15.8 Å². The van der Waals surface area contributed by atoms with E-state index >= 15 is 0 Å². The Bertz CT molecular complexity index is 926. The zero-order valence-corrected chi connectivity index (χ0v) is 13.0. The molecule has 0 aliphatic heterocycles. The first-order valence-corrected chi connectivity index (χ1v) is 7.52. The first kappa shape index (κ1) is 15.8. The molecule has 0 fully saturated rings. The summed E-state index contributed by atoms with van der Waals surface area (Å²) in [5.74, 6) is 0.399. The number of aryl methyl sites for hydroxylation is 1. The number of benzene rings is 1. The van der Waals surface area contributed by atoms with Crippen molar-refractivity contribution in [3.63, 3.8) is 0 Å². The SMILES string of the molecule is COc1cccc(OS(=O)(=O)c2cn(C)c(=O)n(C)c2=O)c1. The molecule has 2 aromatic rings. The Hall–Kier alpha value is -2.55. The molecule has 0 bridgehead atoms. The number of aromatic nitrogens is 2. The van der Waals surface area contributed by atoms with Gasteiger partial charge in [0.15, 0.2) is 4.90 Å². The standard InChI is InChI=1S/C13H14N2O6S/c1-14-8-11(12(16)15(2)13(14)17)22(18,19)21-10-6-4-5-9(7-10)20-3/h4-8H,1-3H3. The van der Waals surface area contributed by atoms with Gasteiger partial charge in [-0.15, -0.1) is 0 Å². The van der Waals surface area contributed by atoms with Crippen LogP contribution in [0.4, 0.5) is 0 Å². The molecule has 0 radical (unpaired) electrons. The van der Waals surface area contributed by atoms with Crippen molar-refractivity contribution in [1.29, 1.82) is 0 Å². The fourth-order valence-electron chi connectivity index (χ4n) is 1.77. The topological polar surface area (TPSA) is 96.6 Å². The summed E-state index contributed by atoms with van der Waals surface area (Å²) >= 11 is 0. The van der Waals surface area contributed by atoms with Gasteiger partial charge in [0.05, 0.1) is 7.11 Å². The van der Waals surface area contributed by atoms with Crippen molar-refractivity contribution in [3.05, 3.63) is 51.3 Å². The summed E-state index contributed by atoms with van der Waals surface area (Å²) in [5, 5.41) is 0. The third kappa shape index (κ3) is 2.89. The van der Waals surface area contributed by atoms with Crippen LogP contribution in [0.1, 0.15) is 0 Å². The predicted molar refractivity (Wildman–Crippen MR) is 77.7 cm³/mol. The fourth-order valence-corrected chi connectivity index (χ4v) is 2.86. The summed E-state index contributed by atoms with van der Waals surface area (Å²) < 4.78 is 36.1. The van der Waals surface area contributed by atoms with E-state index in [4.69, 9.17) is 8.92 Å². The van der Waals surface area contributed by atoms with Crippen LogP contribution in [0.5, 0.6) is 11.5 Å². The van der Waals surface area contributed by atoms with E-state index in [0.29, 0.717) is 10.3 Å². The zero-order chi connectivity index (χ0) is 16.5. The molecule has 8 nitrogen and oxygen atoms in total. The second-order valence-corrected chi connectivity index (χ2v) is 5.98. The monoisotopic (exact) mass is 326 g/mol. The molecule has 0 saturated heterocycles. The lowest BCUT2D eigenvalue weighted by molar-refractivity contribution is 0.411. The molecule has 1 aromatic carbocycles. The quantitative estimate of drug-likeness (QED) is 0.726. The van der Waals surface area contributed by atoms with Gasteiger partial charge in [0.2, 0.25) is 0 Å². The molecule has 9 heteroatoms. The molecule has 0 saturated carbocycles. The van der Waals surface area contributed by atoms with Crippen molar-refractivity contribution in [2.45, 2.75) is 4.90 Å². The second kappa shape index (κ2) is 5.68. The predicted octanol–water partition coefficient (Wildman–Crippen LogP) is -0.140. The number of methoxy groups -OCH3 is 1. The Morgan fingerprint density at radius 2 is 1.73 bits per heavy atom. The van der Waals surface area contributed by atoms with Crippen LogP contribution in [-0.4, -0.2) is 24.7 Å². The highest BCUT2D eigenvalue weighted by atomic mass is 32.2. The summed E-state index contributed by atoms with van der Waals surface area (Å²) in [6.45, 7) is 0. The number of hydrogen-bond donors (Lipinski definition) is 0. The van der Waals surface area contributed by atoms with Crippen LogP contribution in [0.25, 0.3) is 0 Å². The minimum Gasteiger partial charge on any atom is -0.497 e. The zero-order valence-electron chi connectivity index (χ0n) is 12.1. The van der Waals surface area contributed by atoms with Crippen LogP contribution in [-0.2, 0) is 24.2 Å². The van der Waals surface area contributed by atoms with Gasteiger partial charge in [-0.1, -0.05) is 6.07 Å². The third-order valence-electron chi connectivity index (χ3n) is 2.93. The molecule has 22 heavy (non-hydrogen) atoms. The maximum absolute atomic E-state index is 12.2. The summed E-state index contributed by atoms with van der Waals surface area (Å²) in [6, 6.07) is 5.93. The second-order valence-electron chi connectivity index (χ2n) is 4.47. The van der Waals surface area contributed by atoms with Crippen molar-refractivity contribution in [2.24, 2.45) is 14.1 Å². The van der Waals surface area contributed by atoms with E-state index in [2.05, 4.69) is 0 Å². The summed E-state index contributed by atoms with van der Waals surface area (Å²) in [5.41, 5.74) is -1.59. The van der Waals surface area contributed by atoms with Crippen molar-refractivity contribution in [2.75, 3.05) is 7.11 Å². The normalized spacial score (nSPS) is 11.2. The molecule has 0 N–H and O–H groups in total. The number of hydrogen-bond acceptors (Lipinski definition) is 6. The van der Waals surface area contributed by atoms with Gasteiger partial charge in [0, 0.05) is 26.4 Å². The lowest BCUT2D eigenvalue weighted by atomic mass is 10.3. The third-order valence-corrected chi connectivity index (χ3v) is 4.16. The average molecular weight is 326 g/mol. The Morgan fingerprint density at radius 1 is 1.09 bits per heavy atom. The Balaban J connectivity index is 2.52. The molecule has 0 aliphatic rings. The van der Waals surface area contributed by atoms with Crippen molar-refractivity contribution in [1.82, 2.24) is 9.13 Å². The summed E-state index contributed by atoms with van der Waals surface area (Å²) in [7, 11) is -0.423. The summed E-state index contributed by atoms with van der Waals surface area (Å²) in [4.78, 5) is 22.9. The van der Waals surface area contributed by atoms with Crippen molar-refractivity contribution < 1.29 is 17.3 Å². The van der Waals surface area contributed by atoms with E-state index in [1.807, 2.05) is 0 Å². The molecule has 0 aliphatic carbocycles. The van der Waals surface area contributed by atoms with Crippen LogP contribution in [0, 0.1) is 0 Å². The number of rotatable bonds is 4. The Morgan fingerprint density at radius 3 is 2.36 bits per heavy atom. The van der Waals surface area contributed by atoms with E-state index in [9.17, 15) is 18.0 Å². The van der Waals surface area contributed by atoms with E-state index in [0.717, 1.165) is 10.8 Å². The highest BCUT2D eigenvalue weighted by Crippen LogP contribution is 2.21. The lowest BCUT2D eigenvalue weighted by Crippen LogP contribution is -2.39. The minimum absolute atomic E-state index is 0.00439. The molecule has 0 amide bonds. The van der Waals surface area contributed by atoms with Crippen LogP contribution >= 0.6 is 0 Å². The summed E-state index contributed by atoms with van der Waals surface area (Å²) in [6.07, 6.45) is 0.931.